The zero-order valence-corrected chi connectivity index (χ0v) is 9.27. The summed E-state index contributed by atoms with van der Waals surface area (Å²) in [5.41, 5.74) is 4.38. The summed E-state index contributed by atoms with van der Waals surface area (Å²) < 4.78 is 2.23. The fraction of sp³-hybridized carbons (Fsp3) is 0.308. The normalized spacial score (nSPS) is 23.1. The van der Waals surface area contributed by atoms with Crippen molar-refractivity contribution in [2.24, 2.45) is 7.05 Å². The van der Waals surface area contributed by atoms with Crippen LogP contribution in [-0.2, 0) is 7.05 Å². The fourth-order valence-corrected chi connectivity index (χ4v) is 2.60. The van der Waals surface area contributed by atoms with Gasteiger partial charge in [-0.15, -0.1) is 5.98 Å². The molecule has 1 unspecified atom stereocenters. The predicted octanol–water partition coefficient (Wildman–Crippen LogP) is 2.27. The van der Waals surface area contributed by atoms with Crippen LogP contribution in [-0.4, -0.2) is 6.71 Å². The Morgan fingerprint density at radius 2 is 2.27 bits per heavy atom. The summed E-state index contributed by atoms with van der Waals surface area (Å²) in [6, 6.07) is 6.45. The lowest BCUT2D eigenvalue weighted by molar-refractivity contribution is -0.673. The summed E-state index contributed by atoms with van der Waals surface area (Å²) >= 11 is 0. The third kappa shape index (κ3) is 1.36. The van der Waals surface area contributed by atoms with Crippen LogP contribution in [0.15, 0.2) is 42.0 Å². The number of aryl methyl sites for hydroxylation is 1. The number of aromatic nitrogens is 1. The van der Waals surface area contributed by atoms with Crippen LogP contribution >= 0.6 is 0 Å². The van der Waals surface area contributed by atoms with Crippen LogP contribution < -0.4 is 4.57 Å². The summed E-state index contributed by atoms with van der Waals surface area (Å²) in [6.45, 7) is 3.05. The molecule has 0 radical (unpaired) electrons. The number of pyridine rings is 1. The molecule has 0 amide bonds. The lowest BCUT2D eigenvalue weighted by Crippen LogP contribution is -2.32. The van der Waals surface area contributed by atoms with Gasteiger partial charge < -0.3 is 0 Å². The van der Waals surface area contributed by atoms with Crippen LogP contribution in [0.25, 0.3) is 5.57 Å². The van der Waals surface area contributed by atoms with Gasteiger partial charge in [-0.25, -0.2) is 4.57 Å². The van der Waals surface area contributed by atoms with E-state index in [1.54, 1.807) is 5.57 Å². The molecule has 3 rings (SSSR count). The van der Waals surface area contributed by atoms with E-state index in [9.17, 15) is 0 Å². The Kier molecular flexibility index (Phi) is 1.85. The van der Waals surface area contributed by atoms with Crippen molar-refractivity contribution in [2.75, 3.05) is 0 Å². The number of nitrogens with zero attached hydrogens (tertiary/aromatic N) is 1. The molecule has 2 aliphatic rings. The summed E-state index contributed by atoms with van der Waals surface area (Å²) in [5.74, 6) is 3.16. The number of fused-ring (bicyclic) bond motifs is 1. The van der Waals surface area contributed by atoms with Crippen molar-refractivity contribution < 1.29 is 4.57 Å². The topological polar surface area (TPSA) is 3.88 Å². The van der Waals surface area contributed by atoms with E-state index in [0.717, 1.165) is 12.5 Å². The standard InChI is InChI=1S/C13H15BN/c1-10-6-7-14-9-11(14)13(10)12-5-3-4-8-15(12)2/h3-8,11H,9H2,1-2H3/q+1. The smallest absolute Gasteiger partial charge is 0.201 e. The quantitative estimate of drug-likeness (QED) is 0.479. The van der Waals surface area contributed by atoms with E-state index in [4.69, 9.17) is 0 Å². The first-order valence-corrected chi connectivity index (χ1v) is 5.61. The van der Waals surface area contributed by atoms with E-state index >= 15 is 0 Å². The largest absolute Gasteiger partial charge is 0.207 e. The molecule has 1 aromatic heterocycles. The molecule has 0 spiro atoms. The van der Waals surface area contributed by atoms with Gasteiger partial charge in [-0.2, -0.15) is 0 Å². The van der Waals surface area contributed by atoms with E-state index < -0.39 is 0 Å². The molecule has 2 aliphatic heterocycles. The van der Waals surface area contributed by atoms with E-state index in [1.165, 1.54) is 17.6 Å². The highest BCUT2D eigenvalue weighted by Gasteiger charge is 2.46. The van der Waals surface area contributed by atoms with Gasteiger partial charge in [0, 0.05) is 17.7 Å². The highest BCUT2D eigenvalue weighted by atomic mass is 14.9. The van der Waals surface area contributed by atoms with Gasteiger partial charge in [0.1, 0.15) is 7.05 Å². The summed E-state index contributed by atoms with van der Waals surface area (Å²) in [6.07, 6.45) is 5.76. The highest BCUT2D eigenvalue weighted by molar-refractivity contribution is 6.79. The third-order valence-corrected chi connectivity index (χ3v) is 3.56. The second-order valence-corrected chi connectivity index (χ2v) is 4.66. The molecular formula is C13H15BN+. The van der Waals surface area contributed by atoms with Gasteiger partial charge in [-0.3, -0.25) is 0 Å². The Balaban J connectivity index is 2.14. The average Bonchev–Trinajstić information content (AvgIpc) is 2.99. The molecule has 0 bridgehead atoms. The van der Waals surface area contributed by atoms with Gasteiger partial charge in [0.15, 0.2) is 12.9 Å². The lowest BCUT2D eigenvalue weighted by atomic mass is 9.62. The molecule has 0 aromatic carbocycles. The van der Waals surface area contributed by atoms with Crippen LogP contribution in [0.5, 0.6) is 0 Å². The van der Waals surface area contributed by atoms with Crippen LogP contribution in [0.4, 0.5) is 0 Å². The maximum absolute atomic E-state index is 2.37. The maximum Gasteiger partial charge on any atom is 0.207 e. The van der Waals surface area contributed by atoms with E-state index in [2.05, 4.69) is 55.0 Å². The Hall–Kier alpha value is -1.31. The van der Waals surface area contributed by atoms with Gasteiger partial charge in [0.05, 0.1) is 0 Å². The van der Waals surface area contributed by atoms with Gasteiger partial charge >= 0.3 is 0 Å². The molecule has 1 aromatic rings. The molecule has 1 nitrogen and oxygen atoms in total. The maximum atomic E-state index is 2.37. The minimum Gasteiger partial charge on any atom is -0.201 e. The molecule has 74 valence electrons. The van der Waals surface area contributed by atoms with Crippen molar-refractivity contribution in [1.82, 2.24) is 0 Å². The molecular weight excluding hydrogens is 181 g/mol. The Bertz CT molecular complexity index is 473. The first-order valence-electron chi connectivity index (χ1n) is 5.61. The van der Waals surface area contributed by atoms with Gasteiger partial charge in [-0.1, -0.05) is 12.4 Å². The average molecular weight is 196 g/mol. The van der Waals surface area contributed by atoms with Gasteiger partial charge in [0.25, 0.3) is 0 Å². The second kappa shape index (κ2) is 3.09. The summed E-state index contributed by atoms with van der Waals surface area (Å²) in [7, 11) is 2.13. The van der Waals surface area contributed by atoms with Crippen molar-refractivity contribution in [3.05, 3.63) is 47.7 Å². The highest BCUT2D eigenvalue weighted by Crippen LogP contribution is 2.52. The van der Waals surface area contributed by atoms with Crippen molar-refractivity contribution in [1.29, 1.82) is 0 Å². The first-order chi connectivity index (χ1) is 7.27. The minimum atomic E-state index is 0.795. The Morgan fingerprint density at radius 3 is 3.07 bits per heavy atom. The lowest BCUT2D eigenvalue weighted by Gasteiger charge is -2.10. The van der Waals surface area contributed by atoms with Gasteiger partial charge in [-0.05, 0) is 24.4 Å². The van der Waals surface area contributed by atoms with E-state index in [-0.39, 0.29) is 0 Å². The van der Waals surface area contributed by atoms with E-state index in [1.807, 2.05) is 0 Å². The zero-order chi connectivity index (χ0) is 10.4. The Morgan fingerprint density at radius 1 is 1.40 bits per heavy atom. The van der Waals surface area contributed by atoms with Gasteiger partial charge in [0.2, 0.25) is 5.69 Å². The van der Waals surface area contributed by atoms with Crippen molar-refractivity contribution in [2.45, 2.75) is 19.1 Å². The fourth-order valence-electron chi connectivity index (χ4n) is 2.60. The minimum absolute atomic E-state index is 0.795. The molecule has 0 saturated carbocycles. The molecule has 2 heteroatoms. The number of hydrogen-bond donors (Lipinski definition) is 0. The third-order valence-electron chi connectivity index (χ3n) is 3.56. The van der Waals surface area contributed by atoms with Crippen LogP contribution in [0.2, 0.25) is 12.1 Å². The van der Waals surface area contributed by atoms with Crippen molar-refractivity contribution in [3.8, 4) is 0 Å². The number of allylic oxidation sites excluding steroid dienone is 3. The zero-order valence-electron chi connectivity index (χ0n) is 9.27. The molecule has 3 heterocycles. The number of rotatable bonds is 1. The Labute approximate surface area is 91.2 Å². The molecule has 15 heavy (non-hydrogen) atoms. The SMILES string of the molecule is CC1=C(c2cccc[n+]2C)C2CB2C=C1. The second-order valence-electron chi connectivity index (χ2n) is 4.66. The summed E-state index contributed by atoms with van der Waals surface area (Å²) in [5, 5.41) is 0. The van der Waals surface area contributed by atoms with Crippen LogP contribution in [0.1, 0.15) is 12.6 Å². The number of hydrogen-bond acceptors (Lipinski definition) is 0. The van der Waals surface area contributed by atoms with Crippen molar-refractivity contribution >= 4 is 12.3 Å². The van der Waals surface area contributed by atoms with E-state index in [0.29, 0.717) is 0 Å². The predicted molar refractivity (Wildman–Crippen MR) is 63.7 cm³/mol. The monoisotopic (exact) mass is 196 g/mol. The molecule has 0 N–H and O–H groups in total. The molecule has 1 fully saturated rings. The van der Waals surface area contributed by atoms with Crippen LogP contribution in [0.3, 0.4) is 0 Å². The molecule has 1 atom stereocenters. The van der Waals surface area contributed by atoms with Crippen LogP contribution in [0, 0.1) is 0 Å². The molecule has 0 aliphatic carbocycles. The van der Waals surface area contributed by atoms with Crippen molar-refractivity contribution in [3.63, 3.8) is 0 Å². The first kappa shape index (κ1) is 8.96. The molecule has 1 saturated heterocycles. The summed E-state index contributed by atoms with van der Waals surface area (Å²) in [4.78, 5) is 0.